The molecule has 2 rings (SSSR count). The van der Waals surface area contributed by atoms with Crippen LogP contribution in [-0.2, 0) is 0 Å². The van der Waals surface area contributed by atoms with Gasteiger partial charge >= 0.3 is 0 Å². The summed E-state index contributed by atoms with van der Waals surface area (Å²) < 4.78 is 0. The lowest BCUT2D eigenvalue weighted by Crippen LogP contribution is -2.38. The van der Waals surface area contributed by atoms with Crippen LogP contribution in [0.15, 0.2) is 4.99 Å². The summed E-state index contributed by atoms with van der Waals surface area (Å²) >= 11 is 1.92. The van der Waals surface area contributed by atoms with Crippen LogP contribution in [0.1, 0.15) is 65.7 Å². The Bertz CT molecular complexity index is 306. The molecule has 1 saturated heterocycles. The van der Waals surface area contributed by atoms with Crippen LogP contribution in [0, 0.1) is 11.3 Å². The third-order valence-corrected chi connectivity index (χ3v) is 5.55. The summed E-state index contributed by atoms with van der Waals surface area (Å²) in [4.78, 5) is 4.96. The Hall–Kier alpha value is -0.180. The number of aliphatic imine (C=N–C) groups is 1. The Morgan fingerprint density at radius 3 is 2.74 bits per heavy atom. The molecule has 0 aromatic carbocycles. The normalized spacial score (nSPS) is 28.8. The highest BCUT2D eigenvalue weighted by Gasteiger charge is 2.34. The van der Waals surface area contributed by atoms with E-state index >= 15 is 0 Å². The third-order valence-electron chi connectivity index (χ3n) is 4.59. The van der Waals surface area contributed by atoms with Crippen molar-refractivity contribution < 1.29 is 0 Å². The highest BCUT2D eigenvalue weighted by atomic mass is 32.2. The van der Waals surface area contributed by atoms with Crippen LogP contribution in [0.2, 0.25) is 0 Å². The number of hydrogen-bond acceptors (Lipinski definition) is 2. The first kappa shape index (κ1) is 15.2. The molecule has 19 heavy (non-hydrogen) atoms. The monoisotopic (exact) mass is 282 g/mol. The zero-order valence-electron chi connectivity index (χ0n) is 12.9. The maximum absolute atomic E-state index is 4.96. The molecule has 110 valence electrons. The topological polar surface area (TPSA) is 24.4 Å². The summed E-state index contributed by atoms with van der Waals surface area (Å²) in [5.74, 6) is 2.04. The molecule has 1 unspecified atom stereocenters. The van der Waals surface area contributed by atoms with Crippen LogP contribution < -0.4 is 5.32 Å². The van der Waals surface area contributed by atoms with Crippen molar-refractivity contribution >= 4 is 16.9 Å². The summed E-state index contributed by atoms with van der Waals surface area (Å²) in [5.41, 5.74) is 0.516. The molecule has 0 aromatic heterocycles. The molecule has 0 aromatic rings. The quantitative estimate of drug-likeness (QED) is 0.805. The molecule has 1 heterocycles. The van der Waals surface area contributed by atoms with Gasteiger partial charge in [-0.1, -0.05) is 45.4 Å². The second-order valence-electron chi connectivity index (χ2n) is 6.81. The predicted molar refractivity (Wildman–Crippen MR) is 86.9 cm³/mol. The zero-order valence-corrected chi connectivity index (χ0v) is 13.7. The van der Waals surface area contributed by atoms with E-state index in [2.05, 4.69) is 26.1 Å². The highest BCUT2D eigenvalue weighted by molar-refractivity contribution is 8.13. The van der Waals surface area contributed by atoms with E-state index in [-0.39, 0.29) is 0 Å². The standard InChI is InChI=1S/C16H30N2S/c1-4-14-7-10-19-15(18-14)17-12-16(11-13(2)3)8-5-6-9-16/h13-14H,4-12H2,1-3H3,(H,17,18). The van der Waals surface area contributed by atoms with Crippen molar-refractivity contribution in [2.45, 2.75) is 71.8 Å². The fourth-order valence-electron chi connectivity index (χ4n) is 3.64. The van der Waals surface area contributed by atoms with Crippen molar-refractivity contribution in [3.63, 3.8) is 0 Å². The zero-order chi connectivity index (χ0) is 13.7. The summed E-state index contributed by atoms with van der Waals surface area (Å²) in [5, 5.41) is 4.83. The minimum Gasteiger partial charge on any atom is -0.362 e. The minimum absolute atomic E-state index is 0.516. The van der Waals surface area contributed by atoms with Gasteiger partial charge in [-0.15, -0.1) is 0 Å². The van der Waals surface area contributed by atoms with Gasteiger partial charge in [0.1, 0.15) is 0 Å². The lowest BCUT2D eigenvalue weighted by molar-refractivity contribution is 0.245. The van der Waals surface area contributed by atoms with Gasteiger partial charge < -0.3 is 5.32 Å². The van der Waals surface area contributed by atoms with Gasteiger partial charge in [0, 0.05) is 18.3 Å². The van der Waals surface area contributed by atoms with E-state index in [9.17, 15) is 0 Å². The largest absolute Gasteiger partial charge is 0.362 e. The summed E-state index contributed by atoms with van der Waals surface area (Å²) in [6.07, 6.45) is 9.47. The van der Waals surface area contributed by atoms with Crippen LogP contribution in [0.25, 0.3) is 0 Å². The van der Waals surface area contributed by atoms with Gasteiger partial charge in [-0.25, -0.2) is 0 Å². The average Bonchev–Trinajstić information content (AvgIpc) is 2.85. The van der Waals surface area contributed by atoms with Gasteiger partial charge in [-0.2, -0.15) is 0 Å². The summed E-state index contributed by atoms with van der Waals surface area (Å²) in [7, 11) is 0. The third kappa shape index (κ3) is 4.40. The molecule has 1 aliphatic carbocycles. The number of thioether (sulfide) groups is 1. The van der Waals surface area contributed by atoms with E-state index < -0.39 is 0 Å². The molecule has 0 amide bonds. The van der Waals surface area contributed by atoms with Crippen molar-refractivity contribution in [2.24, 2.45) is 16.3 Å². The fraction of sp³-hybridized carbons (Fsp3) is 0.938. The number of rotatable bonds is 5. The van der Waals surface area contributed by atoms with Crippen LogP contribution in [0.3, 0.4) is 0 Å². The summed E-state index contributed by atoms with van der Waals surface area (Å²) in [6, 6.07) is 0.657. The van der Waals surface area contributed by atoms with Crippen molar-refractivity contribution in [3.8, 4) is 0 Å². The van der Waals surface area contributed by atoms with Crippen molar-refractivity contribution in [1.29, 1.82) is 0 Å². The molecule has 1 atom stereocenters. The number of nitrogens with one attached hydrogen (secondary N) is 1. The molecule has 0 spiro atoms. The highest BCUT2D eigenvalue weighted by Crippen LogP contribution is 2.43. The lowest BCUT2D eigenvalue weighted by Gasteiger charge is -2.30. The van der Waals surface area contributed by atoms with Crippen molar-refractivity contribution in [1.82, 2.24) is 5.32 Å². The van der Waals surface area contributed by atoms with E-state index in [4.69, 9.17) is 4.99 Å². The molecule has 2 fully saturated rings. The second-order valence-corrected chi connectivity index (χ2v) is 7.90. The van der Waals surface area contributed by atoms with Gasteiger partial charge in [0.15, 0.2) is 5.17 Å². The van der Waals surface area contributed by atoms with Gasteiger partial charge in [0.05, 0.1) is 0 Å². The second kappa shape index (κ2) is 7.01. The van der Waals surface area contributed by atoms with E-state index in [1.54, 1.807) is 0 Å². The van der Waals surface area contributed by atoms with Crippen LogP contribution in [0.4, 0.5) is 0 Å². The fourth-order valence-corrected chi connectivity index (χ4v) is 4.64. The molecule has 2 nitrogen and oxygen atoms in total. The Balaban J connectivity index is 1.94. The number of amidine groups is 1. The average molecular weight is 282 g/mol. The first-order chi connectivity index (χ1) is 9.13. The lowest BCUT2D eigenvalue weighted by atomic mass is 9.79. The molecule has 3 heteroatoms. The Morgan fingerprint density at radius 2 is 2.11 bits per heavy atom. The van der Waals surface area contributed by atoms with Crippen LogP contribution in [0.5, 0.6) is 0 Å². The first-order valence-corrected chi connectivity index (χ1v) is 9.06. The maximum atomic E-state index is 4.96. The number of nitrogens with zero attached hydrogens (tertiary/aromatic N) is 1. The molecule has 0 radical (unpaired) electrons. The van der Waals surface area contributed by atoms with Gasteiger partial charge in [-0.05, 0) is 43.4 Å². The SMILES string of the molecule is CCC1CCSC(=NCC2(CC(C)C)CCCC2)N1. The van der Waals surface area contributed by atoms with E-state index in [0.717, 1.165) is 12.5 Å². The van der Waals surface area contributed by atoms with Crippen molar-refractivity contribution in [2.75, 3.05) is 12.3 Å². The van der Waals surface area contributed by atoms with Crippen molar-refractivity contribution in [3.05, 3.63) is 0 Å². The minimum atomic E-state index is 0.516. The molecular formula is C16H30N2S. The van der Waals surface area contributed by atoms with Gasteiger partial charge in [-0.3, -0.25) is 4.99 Å². The Morgan fingerprint density at radius 1 is 1.37 bits per heavy atom. The molecule has 1 aliphatic heterocycles. The number of hydrogen-bond donors (Lipinski definition) is 1. The van der Waals surface area contributed by atoms with Gasteiger partial charge in [0.25, 0.3) is 0 Å². The molecule has 0 bridgehead atoms. The molecule has 1 N–H and O–H groups in total. The summed E-state index contributed by atoms with van der Waals surface area (Å²) in [6.45, 7) is 8.03. The van der Waals surface area contributed by atoms with Crippen LogP contribution in [-0.4, -0.2) is 23.5 Å². The first-order valence-electron chi connectivity index (χ1n) is 8.07. The smallest absolute Gasteiger partial charge is 0.156 e. The Kier molecular flexibility index (Phi) is 5.61. The Labute approximate surface area is 123 Å². The van der Waals surface area contributed by atoms with E-state index in [1.807, 2.05) is 11.8 Å². The maximum Gasteiger partial charge on any atom is 0.156 e. The van der Waals surface area contributed by atoms with E-state index in [0.29, 0.717) is 11.5 Å². The van der Waals surface area contributed by atoms with E-state index in [1.165, 1.54) is 55.9 Å². The molecular weight excluding hydrogens is 252 g/mol. The van der Waals surface area contributed by atoms with Crippen LogP contribution >= 0.6 is 11.8 Å². The van der Waals surface area contributed by atoms with Gasteiger partial charge in [0.2, 0.25) is 0 Å². The predicted octanol–water partition coefficient (Wildman–Crippen LogP) is 4.45. The molecule has 1 saturated carbocycles. The molecule has 2 aliphatic rings.